The van der Waals surface area contributed by atoms with Crippen molar-refractivity contribution in [3.05, 3.63) is 83.0 Å². The number of fused-ring (bicyclic) bond motifs is 3. The van der Waals surface area contributed by atoms with Crippen LogP contribution in [0.4, 0.5) is 0 Å². The molecule has 2 aromatic rings. The van der Waals surface area contributed by atoms with Crippen LogP contribution in [-0.4, -0.2) is 151 Å². The summed E-state index contributed by atoms with van der Waals surface area (Å²) in [5, 5.41) is 0. The highest BCUT2D eigenvalue weighted by atomic mass is 15.1. The van der Waals surface area contributed by atoms with Crippen LogP contribution in [0.25, 0.3) is 11.1 Å². The summed E-state index contributed by atoms with van der Waals surface area (Å²) in [6, 6.07) is 15.0. The highest BCUT2D eigenvalue weighted by Crippen LogP contribution is 2.56. The van der Waals surface area contributed by atoms with E-state index in [0.717, 1.165) is 26.2 Å². The molecule has 0 N–H and O–H groups in total. The Balaban J connectivity index is 1.93. The normalized spacial score (nSPS) is 15.9. The summed E-state index contributed by atoms with van der Waals surface area (Å²) in [4.78, 5) is 15.0. The standard InChI is InChI=1S/C56H98N6/c1-16-48(17-2)54(5,6)55(7,8)49-30-32-51-50-31-29-47(4)45-52(50)56(53(51)46-49,33-21-19-23-39-61(41-25-35-57(9)10)42-26-36-58(11)12)34-22-20-24-40-62(43-27-37-59(13)14)44-28-38-60(15)18-3/h16-17,29-32,45-46H,1,18-28,33-44H2,2-15H3/b48-17+. The van der Waals surface area contributed by atoms with Crippen molar-refractivity contribution < 1.29 is 0 Å². The molecular formula is C56H98N6. The molecular weight excluding hydrogens is 757 g/mol. The van der Waals surface area contributed by atoms with E-state index in [4.69, 9.17) is 0 Å². The van der Waals surface area contributed by atoms with E-state index in [1.54, 1.807) is 11.1 Å². The van der Waals surface area contributed by atoms with Crippen LogP contribution in [0.3, 0.4) is 0 Å². The van der Waals surface area contributed by atoms with Crippen molar-refractivity contribution in [3.63, 3.8) is 0 Å². The molecule has 62 heavy (non-hydrogen) atoms. The number of unbranched alkanes of at least 4 members (excludes halogenated alkanes) is 4. The first-order valence-electron chi connectivity index (χ1n) is 25.1. The Bertz CT molecular complexity index is 1610. The monoisotopic (exact) mass is 855 g/mol. The Morgan fingerprint density at radius 1 is 0.565 bits per heavy atom. The Morgan fingerprint density at radius 3 is 1.44 bits per heavy atom. The Hall–Kier alpha value is -2.32. The maximum Gasteiger partial charge on any atom is 0.0215 e. The average Bonchev–Trinajstić information content (AvgIpc) is 3.47. The van der Waals surface area contributed by atoms with E-state index >= 15 is 0 Å². The van der Waals surface area contributed by atoms with Gasteiger partial charge in [0.2, 0.25) is 0 Å². The van der Waals surface area contributed by atoms with Gasteiger partial charge in [0, 0.05) is 5.41 Å². The van der Waals surface area contributed by atoms with Crippen molar-refractivity contribution in [3.8, 4) is 11.1 Å². The molecule has 1 aliphatic rings. The van der Waals surface area contributed by atoms with E-state index in [9.17, 15) is 0 Å². The van der Waals surface area contributed by atoms with Crippen molar-refractivity contribution >= 4 is 0 Å². The van der Waals surface area contributed by atoms with Gasteiger partial charge in [-0.2, -0.15) is 0 Å². The first-order chi connectivity index (χ1) is 29.4. The van der Waals surface area contributed by atoms with Crippen LogP contribution in [-0.2, 0) is 10.8 Å². The lowest BCUT2D eigenvalue weighted by Crippen LogP contribution is -2.38. The molecule has 0 aromatic heterocycles. The zero-order chi connectivity index (χ0) is 45.9. The number of hydrogen-bond donors (Lipinski definition) is 0. The zero-order valence-corrected chi connectivity index (χ0v) is 43.3. The van der Waals surface area contributed by atoms with Crippen LogP contribution >= 0.6 is 0 Å². The molecule has 352 valence electrons. The minimum atomic E-state index is -0.0842. The Labute approximate surface area is 385 Å². The molecule has 0 fully saturated rings. The fraction of sp³-hybridized carbons (Fsp3) is 0.714. The van der Waals surface area contributed by atoms with Crippen molar-refractivity contribution in [2.45, 2.75) is 136 Å². The molecule has 0 saturated carbocycles. The maximum atomic E-state index is 4.25. The molecule has 2 aromatic carbocycles. The first kappa shape index (κ1) is 54.0. The molecule has 6 heteroatoms. The lowest BCUT2D eigenvalue weighted by atomic mass is 9.60. The fourth-order valence-corrected chi connectivity index (χ4v) is 10.2. The molecule has 6 nitrogen and oxygen atoms in total. The summed E-state index contributed by atoms with van der Waals surface area (Å²) in [5.41, 5.74) is 10.2. The molecule has 0 spiro atoms. The Kier molecular flexibility index (Phi) is 23.2. The Morgan fingerprint density at radius 2 is 1.00 bits per heavy atom. The van der Waals surface area contributed by atoms with Crippen molar-refractivity contribution in [2.75, 3.05) is 121 Å². The number of nitrogens with zero attached hydrogens (tertiary/aromatic N) is 6. The molecule has 0 bridgehead atoms. The van der Waals surface area contributed by atoms with Gasteiger partial charge in [-0.15, -0.1) is 0 Å². The van der Waals surface area contributed by atoms with Gasteiger partial charge in [0.05, 0.1) is 0 Å². The highest BCUT2D eigenvalue weighted by molar-refractivity contribution is 5.82. The predicted octanol–water partition coefficient (Wildman–Crippen LogP) is 11.6. The quantitative estimate of drug-likeness (QED) is 0.0522. The number of benzene rings is 2. The van der Waals surface area contributed by atoms with Gasteiger partial charge in [-0.25, -0.2) is 0 Å². The van der Waals surface area contributed by atoms with Crippen LogP contribution in [0.1, 0.15) is 141 Å². The number of allylic oxidation sites excluding steroid dienone is 3. The van der Waals surface area contributed by atoms with Crippen molar-refractivity contribution in [1.82, 2.24) is 29.4 Å². The van der Waals surface area contributed by atoms with Gasteiger partial charge < -0.3 is 29.4 Å². The maximum absolute atomic E-state index is 4.25. The van der Waals surface area contributed by atoms with E-state index in [-0.39, 0.29) is 16.2 Å². The van der Waals surface area contributed by atoms with Crippen LogP contribution in [0.15, 0.2) is 60.7 Å². The number of aryl methyl sites for hydroxylation is 1. The van der Waals surface area contributed by atoms with Gasteiger partial charge in [0.15, 0.2) is 0 Å². The van der Waals surface area contributed by atoms with Gasteiger partial charge in [-0.05, 0) is 231 Å². The zero-order valence-electron chi connectivity index (χ0n) is 43.3. The summed E-state index contributed by atoms with van der Waals surface area (Å²) in [6.07, 6.45) is 19.4. The van der Waals surface area contributed by atoms with Crippen LogP contribution in [0.5, 0.6) is 0 Å². The minimum absolute atomic E-state index is 0.0298. The third-order valence-corrected chi connectivity index (χ3v) is 15.0. The predicted molar refractivity (Wildman–Crippen MR) is 275 cm³/mol. The fourth-order valence-electron chi connectivity index (χ4n) is 10.2. The summed E-state index contributed by atoms with van der Waals surface area (Å²) in [7, 11) is 15.5. The molecule has 0 saturated heterocycles. The number of rotatable bonds is 33. The molecule has 3 rings (SSSR count). The van der Waals surface area contributed by atoms with Gasteiger partial charge in [0.25, 0.3) is 0 Å². The van der Waals surface area contributed by atoms with Crippen LogP contribution < -0.4 is 0 Å². The molecule has 0 heterocycles. The van der Waals surface area contributed by atoms with Gasteiger partial charge in [-0.3, -0.25) is 0 Å². The SMILES string of the molecule is C=C/C(=C\C)C(C)(C)C(C)(C)c1ccc2c(c1)C(CCCCCN(CCCN(C)C)CCCN(C)C)(CCCCCN(CCCN(C)C)CCCN(C)CC)c1cc(C)ccc1-2. The molecule has 0 aliphatic heterocycles. The van der Waals surface area contributed by atoms with Gasteiger partial charge in [0.1, 0.15) is 0 Å². The lowest BCUT2D eigenvalue weighted by Gasteiger charge is -2.44. The third-order valence-electron chi connectivity index (χ3n) is 15.0. The molecule has 1 unspecified atom stereocenters. The van der Waals surface area contributed by atoms with Crippen LogP contribution in [0.2, 0.25) is 0 Å². The molecule has 1 aliphatic carbocycles. The highest BCUT2D eigenvalue weighted by Gasteiger charge is 2.45. The van der Waals surface area contributed by atoms with E-state index in [1.165, 1.54) is 151 Å². The summed E-state index contributed by atoms with van der Waals surface area (Å²) in [5.74, 6) is 0. The van der Waals surface area contributed by atoms with E-state index in [1.807, 2.05) is 0 Å². The second-order valence-electron chi connectivity index (χ2n) is 21.1. The van der Waals surface area contributed by atoms with E-state index < -0.39 is 0 Å². The smallest absolute Gasteiger partial charge is 0.0215 e. The lowest BCUT2D eigenvalue weighted by molar-refractivity contribution is 0.230. The topological polar surface area (TPSA) is 19.4 Å². The number of hydrogen-bond acceptors (Lipinski definition) is 6. The largest absolute Gasteiger partial charge is 0.309 e. The first-order valence-corrected chi connectivity index (χ1v) is 25.1. The van der Waals surface area contributed by atoms with E-state index in [0.29, 0.717) is 0 Å². The van der Waals surface area contributed by atoms with E-state index in [2.05, 4.69) is 182 Å². The second kappa shape index (κ2) is 26.6. The average molecular weight is 855 g/mol. The summed E-state index contributed by atoms with van der Waals surface area (Å²) < 4.78 is 0. The van der Waals surface area contributed by atoms with Crippen molar-refractivity contribution in [1.29, 1.82) is 0 Å². The second-order valence-corrected chi connectivity index (χ2v) is 21.1. The summed E-state index contributed by atoms with van der Waals surface area (Å²) in [6.45, 7) is 33.8. The molecule has 0 radical (unpaired) electrons. The minimum Gasteiger partial charge on any atom is -0.309 e. The van der Waals surface area contributed by atoms with Crippen LogP contribution in [0, 0.1) is 12.3 Å². The molecule has 0 amide bonds. The van der Waals surface area contributed by atoms with Gasteiger partial charge in [-0.1, -0.05) is 121 Å². The van der Waals surface area contributed by atoms with Gasteiger partial charge >= 0.3 is 0 Å². The third kappa shape index (κ3) is 15.7. The van der Waals surface area contributed by atoms with Crippen molar-refractivity contribution in [2.24, 2.45) is 5.41 Å². The molecule has 1 atom stereocenters. The summed E-state index contributed by atoms with van der Waals surface area (Å²) >= 11 is 0.